The fourth-order valence-corrected chi connectivity index (χ4v) is 1.83. The summed E-state index contributed by atoms with van der Waals surface area (Å²) in [7, 11) is 5.39. The second kappa shape index (κ2) is 5.81. The van der Waals surface area contributed by atoms with Crippen molar-refractivity contribution in [1.29, 1.82) is 0 Å². The Morgan fingerprint density at radius 1 is 1.69 bits per heavy atom. The molecule has 1 atom stereocenters. The predicted molar refractivity (Wildman–Crippen MR) is 66.6 cm³/mol. The van der Waals surface area contributed by atoms with Gasteiger partial charge in [0.05, 0.1) is 12.2 Å². The lowest BCUT2D eigenvalue weighted by Gasteiger charge is -2.09. The molecule has 0 bridgehead atoms. The first-order chi connectivity index (χ1) is 7.54. The summed E-state index contributed by atoms with van der Waals surface area (Å²) in [4.78, 5) is 10.4. The van der Waals surface area contributed by atoms with Crippen molar-refractivity contribution in [2.75, 3.05) is 21.2 Å². The first-order valence-electron chi connectivity index (χ1n) is 4.99. The van der Waals surface area contributed by atoms with Gasteiger partial charge >= 0.3 is 0 Å². The summed E-state index contributed by atoms with van der Waals surface area (Å²) in [6.45, 7) is 2.48. The Morgan fingerprint density at radius 3 is 2.94 bits per heavy atom. The average Bonchev–Trinajstić information content (AvgIpc) is 2.73. The Balaban J connectivity index is 2.62. The summed E-state index contributed by atoms with van der Waals surface area (Å²) in [5.74, 6) is 0.509. The van der Waals surface area contributed by atoms with Crippen molar-refractivity contribution in [1.82, 2.24) is 9.88 Å². The maximum absolute atomic E-state index is 5.68. The maximum Gasteiger partial charge on any atom is 0.191 e. The largest absolute Gasteiger partial charge is 0.375 e. The molecule has 6 heteroatoms. The van der Waals surface area contributed by atoms with Crippen molar-refractivity contribution < 1.29 is 4.74 Å². The Kier molecular flexibility index (Phi) is 4.70. The van der Waals surface area contributed by atoms with Crippen LogP contribution in [0.5, 0.6) is 0 Å². The van der Waals surface area contributed by atoms with Crippen molar-refractivity contribution in [3.05, 3.63) is 16.1 Å². The zero-order valence-electron chi connectivity index (χ0n) is 10.1. The third kappa shape index (κ3) is 3.46. The van der Waals surface area contributed by atoms with Gasteiger partial charge in [0.2, 0.25) is 0 Å². The minimum atomic E-state index is 0.0360. The Labute approximate surface area is 100.0 Å². The highest BCUT2D eigenvalue weighted by Gasteiger charge is 2.08. The van der Waals surface area contributed by atoms with Crippen LogP contribution < -0.4 is 5.73 Å². The van der Waals surface area contributed by atoms with Crippen LogP contribution in [-0.4, -0.2) is 37.0 Å². The molecule has 0 saturated heterocycles. The highest BCUT2D eigenvalue weighted by atomic mass is 32.1. The number of aliphatic imine (C=N–C) groups is 1. The van der Waals surface area contributed by atoms with Gasteiger partial charge in [-0.05, 0) is 6.92 Å². The van der Waals surface area contributed by atoms with E-state index >= 15 is 0 Å². The number of aromatic nitrogens is 1. The van der Waals surface area contributed by atoms with Crippen molar-refractivity contribution in [2.45, 2.75) is 19.6 Å². The number of methoxy groups -OCH3 is 1. The van der Waals surface area contributed by atoms with Crippen LogP contribution in [0.4, 0.5) is 0 Å². The van der Waals surface area contributed by atoms with Crippen LogP contribution in [0.25, 0.3) is 0 Å². The fraction of sp³-hybridized carbons (Fsp3) is 0.600. The Bertz CT molecular complexity index is 361. The molecule has 1 rings (SSSR count). The minimum absolute atomic E-state index is 0.0360. The first kappa shape index (κ1) is 12.9. The van der Waals surface area contributed by atoms with Gasteiger partial charge in [-0.3, -0.25) is 0 Å². The van der Waals surface area contributed by atoms with Gasteiger partial charge in [0, 0.05) is 26.6 Å². The topological polar surface area (TPSA) is 63.7 Å². The van der Waals surface area contributed by atoms with Gasteiger partial charge in [0.1, 0.15) is 11.1 Å². The van der Waals surface area contributed by atoms with E-state index in [2.05, 4.69) is 9.98 Å². The number of hydrogen-bond acceptors (Lipinski definition) is 4. The van der Waals surface area contributed by atoms with Gasteiger partial charge in [-0.15, -0.1) is 11.3 Å². The van der Waals surface area contributed by atoms with Gasteiger partial charge in [-0.2, -0.15) is 0 Å². The van der Waals surface area contributed by atoms with Crippen molar-refractivity contribution in [3.63, 3.8) is 0 Å². The third-order valence-corrected chi connectivity index (χ3v) is 3.19. The molecule has 16 heavy (non-hydrogen) atoms. The molecule has 0 spiro atoms. The van der Waals surface area contributed by atoms with Gasteiger partial charge in [-0.25, -0.2) is 9.98 Å². The van der Waals surface area contributed by atoms with Gasteiger partial charge in [0.25, 0.3) is 0 Å². The SMILES string of the molecule is COC(C)c1nc(CN=C(N)N(C)C)cs1. The Hall–Kier alpha value is -1.14. The molecule has 1 aromatic rings. The molecule has 90 valence electrons. The molecule has 2 N–H and O–H groups in total. The normalized spacial score (nSPS) is 13.9. The summed E-state index contributed by atoms with van der Waals surface area (Å²) in [6.07, 6.45) is 0.0360. The molecule has 1 unspecified atom stereocenters. The number of nitrogens with two attached hydrogens (primary N) is 1. The van der Waals surface area contributed by atoms with Crippen molar-refractivity contribution >= 4 is 17.3 Å². The zero-order valence-corrected chi connectivity index (χ0v) is 10.9. The fourth-order valence-electron chi connectivity index (χ4n) is 0.986. The number of guanidine groups is 1. The van der Waals surface area contributed by atoms with Crippen LogP contribution in [0.2, 0.25) is 0 Å². The van der Waals surface area contributed by atoms with Crippen LogP contribution in [0.3, 0.4) is 0 Å². The molecule has 1 heterocycles. The molecule has 1 aromatic heterocycles. The number of nitrogens with zero attached hydrogens (tertiary/aromatic N) is 3. The lowest BCUT2D eigenvalue weighted by Crippen LogP contribution is -2.30. The van der Waals surface area contributed by atoms with E-state index in [0.29, 0.717) is 12.5 Å². The van der Waals surface area contributed by atoms with Crippen LogP contribution >= 0.6 is 11.3 Å². The van der Waals surface area contributed by atoms with E-state index < -0.39 is 0 Å². The quantitative estimate of drug-likeness (QED) is 0.637. The average molecular weight is 242 g/mol. The van der Waals surface area contributed by atoms with Crippen LogP contribution in [0.1, 0.15) is 23.7 Å². The summed E-state index contributed by atoms with van der Waals surface area (Å²) >= 11 is 1.58. The molecular weight excluding hydrogens is 224 g/mol. The lowest BCUT2D eigenvalue weighted by molar-refractivity contribution is 0.119. The smallest absolute Gasteiger partial charge is 0.191 e. The van der Waals surface area contributed by atoms with E-state index in [0.717, 1.165) is 10.7 Å². The lowest BCUT2D eigenvalue weighted by atomic mass is 10.4. The van der Waals surface area contributed by atoms with Crippen LogP contribution in [-0.2, 0) is 11.3 Å². The van der Waals surface area contributed by atoms with Crippen LogP contribution in [0, 0.1) is 0 Å². The van der Waals surface area contributed by atoms with E-state index in [9.17, 15) is 0 Å². The highest BCUT2D eigenvalue weighted by molar-refractivity contribution is 7.09. The molecule has 0 saturated carbocycles. The summed E-state index contributed by atoms with van der Waals surface area (Å²) in [6, 6.07) is 0. The zero-order chi connectivity index (χ0) is 12.1. The van der Waals surface area contributed by atoms with E-state index in [1.54, 1.807) is 23.3 Å². The minimum Gasteiger partial charge on any atom is -0.375 e. The maximum atomic E-state index is 5.68. The summed E-state index contributed by atoms with van der Waals surface area (Å²) in [5.41, 5.74) is 6.61. The van der Waals surface area contributed by atoms with E-state index in [1.165, 1.54) is 0 Å². The highest BCUT2D eigenvalue weighted by Crippen LogP contribution is 2.20. The summed E-state index contributed by atoms with van der Waals surface area (Å²) < 4.78 is 5.19. The number of hydrogen-bond donors (Lipinski definition) is 1. The van der Waals surface area contributed by atoms with Crippen molar-refractivity contribution in [3.8, 4) is 0 Å². The van der Waals surface area contributed by atoms with Crippen molar-refractivity contribution in [2.24, 2.45) is 10.7 Å². The Morgan fingerprint density at radius 2 is 2.38 bits per heavy atom. The number of rotatable bonds is 4. The molecule has 0 aromatic carbocycles. The molecule has 0 radical (unpaired) electrons. The molecule has 0 aliphatic carbocycles. The van der Waals surface area contributed by atoms with Gasteiger partial charge in [0.15, 0.2) is 5.96 Å². The van der Waals surface area contributed by atoms with E-state index in [1.807, 2.05) is 26.4 Å². The standard InChI is InChI=1S/C10H18N4OS/c1-7(15-4)9-13-8(6-16-9)5-12-10(11)14(2)3/h6-7H,5H2,1-4H3,(H2,11,12). The summed E-state index contributed by atoms with van der Waals surface area (Å²) in [5, 5.41) is 2.95. The van der Waals surface area contributed by atoms with E-state index in [-0.39, 0.29) is 6.10 Å². The molecule has 0 fully saturated rings. The van der Waals surface area contributed by atoms with Gasteiger partial charge in [-0.1, -0.05) is 0 Å². The molecule has 5 nitrogen and oxygen atoms in total. The van der Waals surface area contributed by atoms with E-state index in [4.69, 9.17) is 10.5 Å². The third-order valence-electron chi connectivity index (χ3n) is 2.13. The van der Waals surface area contributed by atoms with Gasteiger partial charge < -0.3 is 15.4 Å². The monoisotopic (exact) mass is 242 g/mol. The predicted octanol–water partition coefficient (Wildman–Crippen LogP) is 1.23. The second-order valence-electron chi connectivity index (χ2n) is 3.62. The number of ether oxygens (including phenoxy) is 1. The molecular formula is C10H18N4OS. The molecule has 0 aliphatic heterocycles. The molecule has 0 amide bonds. The van der Waals surface area contributed by atoms with Crippen LogP contribution in [0.15, 0.2) is 10.4 Å². The first-order valence-corrected chi connectivity index (χ1v) is 5.87. The second-order valence-corrected chi connectivity index (χ2v) is 4.51. The molecule has 0 aliphatic rings. The number of thiazole rings is 1.